The van der Waals surface area contributed by atoms with Gasteiger partial charge in [0.15, 0.2) is 0 Å². The van der Waals surface area contributed by atoms with E-state index in [9.17, 15) is 15.3 Å². The topological polar surface area (TPSA) is 60.7 Å². The Balaban J connectivity index is 1.67. The second-order valence-electron chi connectivity index (χ2n) is 9.73. The predicted octanol–water partition coefficient (Wildman–Crippen LogP) is 3.42. The Kier molecular flexibility index (Phi) is 3.77. The maximum atomic E-state index is 11.3. The Hall–Kier alpha value is -0.380. The third-order valence-electron chi connectivity index (χ3n) is 9.00. The molecule has 8 atom stereocenters. The lowest BCUT2D eigenvalue weighted by Gasteiger charge is -2.59. The zero-order chi connectivity index (χ0) is 17.3. The van der Waals surface area contributed by atoms with Crippen LogP contribution in [-0.2, 0) is 0 Å². The lowest BCUT2D eigenvalue weighted by atomic mass is 9.46. The molecule has 4 aliphatic carbocycles. The molecule has 0 bridgehead atoms. The summed E-state index contributed by atoms with van der Waals surface area (Å²) in [6.07, 6.45) is 9.51. The van der Waals surface area contributed by atoms with Gasteiger partial charge in [0.2, 0.25) is 0 Å². The van der Waals surface area contributed by atoms with E-state index in [0.717, 1.165) is 44.9 Å². The van der Waals surface area contributed by atoms with Gasteiger partial charge in [-0.2, -0.15) is 0 Å². The predicted molar refractivity (Wildman–Crippen MR) is 94.3 cm³/mol. The Bertz CT molecular complexity index is 555. The maximum absolute atomic E-state index is 11.3. The number of aliphatic hydroxyl groups is 3. The summed E-state index contributed by atoms with van der Waals surface area (Å²) < 4.78 is 0. The molecule has 3 nitrogen and oxygen atoms in total. The molecule has 0 unspecified atom stereocenters. The van der Waals surface area contributed by atoms with Gasteiger partial charge in [-0.05, 0) is 81.5 Å². The average molecular weight is 335 g/mol. The van der Waals surface area contributed by atoms with Gasteiger partial charge in [-0.15, -0.1) is 0 Å². The van der Waals surface area contributed by atoms with Crippen LogP contribution in [0.5, 0.6) is 0 Å². The quantitative estimate of drug-likeness (QED) is 0.644. The summed E-state index contributed by atoms with van der Waals surface area (Å²) in [6.45, 7) is 6.44. The molecular weight excluding hydrogens is 300 g/mol. The molecule has 3 N–H and O–H groups in total. The van der Waals surface area contributed by atoms with Crippen molar-refractivity contribution in [2.75, 3.05) is 0 Å². The highest BCUT2D eigenvalue weighted by Gasteiger charge is 2.65. The number of rotatable bonds is 1. The molecule has 0 amide bonds. The summed E-state index contributed by atoms with van der Waals surface area (Å²) in [5, 5.41) is 31.6. The van der Waals surface area contributed by atoms with E-state index in [1.54, 1.807) is 6.92 Å². The highest BCUT2D eigenvalue weighted by Crippen LogP contribution is 2.68. The second kappa shape index (κ2) is 5.31. The lowest BCUT2D eigenvalue weighted by molar-refractivity contribution is -0.172. The molecule has 0 spiro atoms. The van der Waals surface area contributed by atoms with Crippen LogP contribution in [0.2, 0.25) is 0 Å². The van der Waals surface area contributed by atoms with Crippen LogP contribution in [0, 0.1) is 28.6 Å². The van der Waals surface area contributed by atoms with Crippen molar-refractivity contribution in [2.24, 2.45) is 28.6 Å². The van der Waals surface area contributed by atoms with Gasteiger partial charge in [0, 0.05) is 5.41 Å². The summed E-state index contributed by atoms with van der Waals surface area (Å²) in [6, 6.07) is 0. The normalized spacial score (nSPS) is 55.2. The van der Waals surface area contributed by atoms with Crippen molar-refractivity contribution in [3.05, 3.63) is 11.6 Å². The lowest BCUT2D eigenvalue weighted by Crippen LogP contribution is -2.58. The van der Waals surface area contributed by atoms with Crippen LogP contribution in [0.15, 0.2) is 11.6 Å². The third-order valence-corrected chi connectivity index (χ3v) is 9.00. The van der Waals surface area contributed by atoms with E-state index in [1.807, 2.05) is 0 Å². The van der Waals surface area contributed by atoms with Gasteiger partial charge in [0.1, 0.15) is 0 Å². The molecule has 0 heterocycles. The molecule has 0 aromatic heterocycles. The number of allylic oxidation sites excluding steroid dienone is 1. The number of aliphatic hydroxyl groups excluding tert-OH is 2. The monoisotopic (exact) mass is 334 g/mol. The maximum Gasteiger partial charge on any atom is 0.0958 e. The SMILES string of the molecule is C[C@H](O)[C@@]1(O)CC[C@H]2[C@@H]3CCC4=C[C@@H](O)CC[C@]4(C)[C@H]3CC[C@@]21C. The molecule has 4 rings (SSSR count). The second-order valence-corrected chi connectivity index (χ2v) is 9.73. The van der Waals surface area contributed by atoms with E-state index in [4.69, 9.17) is 0 Å². The minimum Gasteiger partial charge on any atom is -0.390 e. The first-order chi connectivity index (χ1) is 11.2. The fraction of sp³-hybridized carbons (Fsp3) is 0.905. The van der Waals surface area contributed by atoms with E-state index >= 15 is 0 Å². The van der Waals surface area contributed by atoms with Crippen molar-refractivity contribution in [2.45, 2.75) is 89.9 Å². The van der Waals surface area contributed by atoms with Gasteiger partial charge in [0.05, 0.1) is 17.8 Å². The zero-order valence-electron chi connectivity index (χ0n) is 15.5. The van der Waals surface area contributed by atoms with Crippen LogP contribution < -0.4 is 0 Å². The summed E-state index contributed by atoms with van der Waals surface area (Å²) in [5.41, 5.74) is 0.681. The van der Waals surface area contributed by atoms with Crippen LogP contribution in [0.1, 0.15) is 72.1 Å². The Labute approximate surface area is 146 Å². The van der Waals surface area contributed by atoms with Crippen LogP contribution in [-0.4, -0.2) is 33.1 Å². The van der Waals surface area contributed by atoms with Gasteiger partial charge in [-0.25, -0.2) is 0 Å². The minimum absolute atomic E-state index is 0.145. The summed E-state index contributed by atoms with van der Waals surface area (Å²) in [7, 11) is 0. The first-order valence-corrected chi connectivity index (χ1v) is 10.0. The van der Waals surface area contributed by atoms with Crippen LogP contribution in [0.4, 0.5) is 0 Å². The Morgan fingerprint density at radius 1 is 1.04 bits per heavy atom. The van der Waals surface area contributed by atoms with Crippen molar-refractivity contribution in [3.8, 4) is 0 Å². The van der Waals surface area contributed by atoms with Crippen molar-refractivity contribution in [3.63, 3.8) is 0 Å². The van der Waals surface area contributed by atoms with Crippen LogP contribution in [0.3, 0.4) is 0 Å². The fourth-order valence-corrected chi connectivity index (χ4v) is 7.45. The summed E-state index contributed by atoms with van der Waals surface area (Å²) in [5.74, 6) is 1.87. The molecule has 136 valence electrons. The molecule has 0 aromatic carbocycles. The van der Waals surface area contributed by atoms with Gasteiger partial charge < -0.3 is 15.3 Å². The van der Waals surface area contributed by atoms with Crippen molar-refractivity contribution in [1.82, 2.24) is 0 Å². The molecule has 3 saturated carbocycles. The molecule has 24 heavy (non-hydrogen) atoms. The number of fused-ring (bicyclic) bond motifs is 5. The molecular formula is C21H34O3. The molecule has 0 saturated heterocycles. The van der Waals surface area contributed by atoms with Gasteiger partial charge in [-0.1, -0.05) is 25.5 Å². The van der Waals surface area contributed by atoms with Crippen molar-refractivity contribution < 1.29 is 15.3 Å². The molecule has 3 heteroatoms. The summed E-state index contributed by atoms with van der Waals surface area (Å²) in [4.78, 5) is 0. The Morgan fingerprint density at radius 3 is 2.46 bits per heavy atom. The highest BCUT2D eigenvalue weighted by molar-refractivity contribution is 5.26. The third kappa shape index (κ3) is 2.01. The molecule has 4 aliphatic rings. The Morgan fingerprint density at radius 2 is 1.75 bits per heavy atom. The van der Waals surface area contributed by atoms with Crippen molar-refractivity contribution >= 4 is 0 Å². The van der Waals surface area contributed by atoms with E-state index in [2.05, 4.69) is 19.9 Å². The highest BCUT2D eigenvalue weighted by atomic mass is 16.3. The van der Waals surface area contributed by atoms with Gasteiger partial charge in [-0.3, -0.25) is 0 Å². The summed E-state index contributed by atoms with van der Waals surface area (Å²) >= 11 is 0. The zero-order valence-corrected chi connectivity index (χ0v) is 15.5. The average Bonchev–Trinajstić information content (AvgIpc) is 2.81. The van der Waals surface area contributed by atoms with E-state index in [1.165, 1.54) is 12.0 Å². The van der Waals surface area contributed by atoms with E-state index < -0.39 is 11.7 Å². The molecule has 0 radical (unpaired) electrons. The van der Waals surface area contributed by atoms with Crippen LogP contribution >= 0.6 is 0 Å². The van der Waals surface area contributed by atoms with E-state index in [-0.39, 0.29) is 16.9 Å². The number of hydrogen-bond donors (Lipinski definition) is 3. The van der Waals surface area contributed by atoms with E-state index in [0.29, 0.717) is 17.8 Å². The molecule has 0 aromatic rings. The smallest absolute Gasteiger partial charge is 0.0958 e. The molecule has 3 fully saturated rings. The standard InChI is InChI=1S/C21H34O3/c1-13(22)21(24)11-8-18-16-5-4-14-12-15(23)6-9-19(14,2)17(16)7-10-20(18,21)3/h12-13,15-18,22-24H,4-11H2,1-3H3/t13-,15-,16+,17-,18-,19-,20-,21-/m0/s1. The van der Waals surface area contributed by atoms with Gasteiger partial charge in [0.25, 0.3) is 0 Å². The first-order valence-electron chi connectivity index (χ1n) is 10.0. The number of hydrogen-bond acceptors (Lipinski definition) is 3. The van der Waals surface area contributed by atoms with Gasteiger partial charge >= 0.3 is 0 Å². The fourth-order valence-electron chi connectivity index (χ4n) is 7.45. The minimum atomic E-state index is -0.914. The first kappa shape index (κ1) is 17.1. The largest absolute Gasteiger partial charge is 0.390 e. The van der Waals surface area contributed by atoms with Crippen molar-refractivity contribution in [1.29, 1.82) is 0 Å². The van der Waals surface area contributed by atoms with Crippen LogP contribution in [0.25, 0.3) is 0 Å². The molecule has 0 aliphatic heterocycles.